The second-order valence-electron chi connectivity index (χ2n) is 11.0. The molecular formula is C28H35ClN4O5. The third-order valence-corrected chi connectivity index (χ3v) is 9.00. The van der Waals surface area contributed by atoms with E-state index in [1.807, 2.05) is 12.2 Å². The van der Waals surface area contributed by atoms with Crippen LogP contribution in [-0.2, 0) is 23.9 Å². The fraction of sp³-hybridized carbons (Fsp3) is 0.607. The number of carbonyl (C=O) groups is 3. The number of amides is 3. The van der Waals surface area contributed by atoms with E-state index in [4.69, 9.17) is 21.1 Å². The molecule has 1 aromatic rings. The summed E-state index contributed by atoms with van der Waals surface area (Å²) in [6, 6.07) is 6.16. The van der Waals surface area contributed by atoms with Crippen molar-refractivity contribution < 1.29 is 23.9 Å². The van der Waals surface area contributed by atoms with Gasteiger partial charge >= 0.3 is 0 Å². The van der Waals surface area contributed by atoms with Gasteiger partial charge in [0.05, 0.1) is 31.2 Å². The molecule has 2 N–H and O–H groups in total. The Labute approximate surface area is 227 Å². The molecule has 10 heteroatoms. The normalized spacial score (nSPS) is 33.0. The van der Waals surface area contributed by atoms with Gasteiger partial charge in [0.25, 0.3) is 0 Å². The molecule has 1 aliphatic carbocycles. The van der Waals surface area contributed by atoms with Crippen LogP contribution in [0.5, 0.6) is 0 Å². The van der Waals surface area contributed by atoms with Crippen LogP contribution in [0, 0.1) is 11.8 Å². The number of benzene rings is 1. The maximum Gasteiger partial charge on any atom is 0.246 e. The molecular weight excluding hydrogens is 508 g/mol. The lowest BCUT2D eigenvalue weighted by atomic mass is 9.74. The largest absolute Gasteiger partial charge is 0.379 e. The van der Waals surface area contributed by atoms with Gasteiger partial charge in [0.1, 0.15) is 11.6 Å². The van der Waals surface area contributed by atoms with Crippen LogP contribution in [0.2, 0.25) is 5.02 Å². The maximum absolute atomic E-state index is 14.1. The van der Waals surface area contributed by atoms with E-state index in [0.717, 1.165) is 38.8 Å². The Morgan fingerprint density at radius 3 is 2.50 bits per heavy atom. The van der Waals surface area contributed by atoms with Crippen LogP contribution >= 0.6 is 11.6 Å². The van der Waals surface area contributed by atoms with Gasteiger partial charge in [-0.2, -0.15) is 0 Å². The molecule has 4 aliphatic heterocycles. The van der Waals surface area contributed by atoms with Gasteiger partial charge in [0.15, 0.2) is 0 Å². The fourth-order valence-electron chi connectivity index (χ4n) is 6.87. The lowest BCUT2D eigenvalue weighted by Crippen LogP contribution is -2.57. The van der Waals surface area contributed by atoms with Crippen LogP contribution in [0.25, 0.3) is 0 Å². The number of hydrogen-bond donors (Lipinski definition) is 2. The van der Waals surface area contributed by atoms with Crippen molar-refractivity contribution >= 4 is 35.0 Å². The Balaban J connectivity index is 1.26. The van der Waals surface area contributed by atoms with Crippen LogP contribution < -0.4 is 10.6 Å². The molecule has 5 aliphatic rings. The van der Waals surface area contributed by atoms with E-state index in [1.165, 1.54) is 6.42 Å². The zero-order chi connectivity index (χ0) is 26.3. The second-order valence-corrected chi connectivity index (χ2v) is 11.5. The number of rotatable bonds is 7. The molecule has 3 unspecified atom stereocenters. The summed E-state index contributed by atoms with van der Waals surface area (Å²) >= 11 is 6.00. The van der Waals surface area contributed by atoms with Crippen molar-refractivity contribution in [3.05, 3.63) is 41.4 Å². The van der Waals surface area contributed by atoms with E-state index in [0.29, 0.717) is 37.0 Å². The smallest absolute Gasteiger partial charge is 0.246 e. The second kappa shape index (κ2) is 10.6. The first kappa shape index (κ1) is 25.8. The first-order valence-corrected chi connectivity index (χ1v) is 14.2. The number of nitrogens with one attached hydrogen (secondary N) is 2. The van der Waals surface area contributed by atoms with Gasteiger partial charge in [-0.05, 0) is 37.1 Å². The third-order valence-electron chi connectivity index (χ3n) is 8.75. The Bertz CT molecular complexity index is 1100. The number of carbonyl (C=O) groups excluding carboxylic acids is 3. The van der Waals surface area contributed by atoms with E-state index < -0.39 is 29.6 Å². The molecule has 38 heavy (non-hydrogen) atoms. The van der Waals surface area contributed by atoms with Gasteiger partial charge in [0, 0.05) is 42.9 Å². The SMILES string of the molecule is O=C(Nc1ccc(Cl)cc1)C1[C@H]2C=CC3(O2)C(C(=O)NC2CCCCC2)N(CCN2CCOCC2)C(=O)[C@@H]13. The predicted molar refractivity (Wildman–Crippen MR) is 142 cm³/mol. The van der Waals surface area contributed by atoms with Crippen molar-refractivity contribution in [2.75, 3.05) is 44.7 Å². The highest BCUT2D eigenvalue weighted by Gasteiger charge is 2.72. The zero-order valence-electron chi connectivity index (χ0n) is 21.4. The summed E-state index contributed by atoms with van der Waals surface area (Å²) in [6.45, 7) is 3.94. The van der Waals surface area contributed by atoms with Gasteiger partial charge in [-0.25, -0.2) is 0 Å². The van der Waals surface area contributed by atoms with Crippen molar-refractivity contribution in [3.63, 3.8) is 0 Å². The number of nitrogens with zero attached hydrogens (tertiary/aromatic N) is 2. The summed E-state index contributed by atoms with van der Waals surface area (Å²) in [5, 5.41) is 6.74. The fourth-order valence-corrected chi connectivity index (χ4v) is 6.99. The van der Waals surface area contributed by atoms with E-state index >= 15 is 0 Å². The molecule has 6 rings (SSSR count). The molecule has 1 spiro atoms. The number of fused-ring (bicyclic) bond motifs is 1. The van der Waals surface area contributed by atoms with Gasteiger partial charge in [-0.3, -0.25) is 19.3 Å². The van der Waals surface area contributed by atoms with Gasteiger partial charge in [-0.15, -0.1) is 0 Å². The van der Waals surface area contributed by atoms with Crippen LogP contribution in [0.15, 0.2) is 36.4 Å². The molecule has 4 heterocycles. The van der Waals surface area contributed by atoms with Crippen LogP contribution in [0.4, 0.5) is 5.69 Å². The highest BCUT2D eigenvalue weighted by molar-refractivity contribution is 6.30. The molecule has 204 valence electrons. The van der Waals surface area contributed by atoms with Crippen LogP contribution in [0.3, 0.4) is 0 Å². The summed E-state index contributed by atoms with van der Waals surface area (Å²) in [5.74, 6) is -2.13. The minimum atomic E-state index is -1.15. The molecule has 0 aromatic heterocycles. The summed E-state index contributed by atoms with van der Waals surface area (Å²) in [6.07, 6.45) is 8.42. The van der Waals surface area contributed by atoms with Crippen molar-refractivity contribution in [3.8, 4) is 0 Å². The summed E-state index contributed by atoms with van der Waals surface area (Å²) in [7, 11) is 0. The number of likely N-dealkylation sites (tertiary alicyclic amines) is 1. The average molecular weight is 543 g/mol. The van der Waals surface area contributed by atoms with Gasteiger partial charge < -0.3 is 25.0 Å². The van der Waals surface area contributed by atoms with Crippen molar-refractivity contribution in [1.82, 2.24) is 15.1 Å². The Morgan fingerprint density at radius 2 is 1.76 bits per heavy atom. The summed E-state index contributed by atoms with van der Waals surface area (Å²) < 4.78 is 11.9. The van der Waals surface area contributed by atoms with E-state index in [9.17, 15) is 14.4 Å². The van der Waals surface area contributed by atoms with Crippen molar-refractivity contribution in [1.29, 1.82) is 0 Å². The highest BCUT2D eigenvalue weighted by atomic mass is 35.5. The maximum atomic E-state index is 14.1. The quantitative estimate of drug-likeness (QED) is 0.513. The number of anilines is 1. The first-order valence-electron chi connectivity index (χ1n) is 13.8. The van der Waals surface area contributed by atoms with Crippen LogP contribution in [0.1, 0.15) is 32.1 Å². The lowest BCUT2D eigenvalue weighted by molar-refractivity contribution is -0.141. The number of halogens is 1. The molecule has 0 radical (unpaired) electrons. The molecule has 9 nitrogen and oxygen atoms in total. The monoisotopic (exact) mass is 542 g/mol. The number of hydrogen-bond acceptors (Lipinski definition) is 6. The summed E-state index contributed by atoms with van der Waals surface area (Å²) in [5.41, 5.74) is -0.547. The third kappa shape index (κ3) is 4.63. The van der Waals surface area contributed by atoms with Crippen molar-refractivity contribution in [2.24, 2.45) is 11.8 Å². The molecule has 4 fully saturated rings. The molecule has 3 amide bonds. The topological polar surface area (TPSA) is 100 Å². The van der Waals surface area contributed by atoms with E-state index in [1.54, 1.807) is 29.2 Å². The minimum absolute atomic E-state index is 0.106. The Kier molecular flexibility index (Phi) is 7.20. The molecule has 5 atom stereocenters. The molecule has 1 saturated carbocycles. The Morgan fingerprint density at radius 1 is 1.03 bits per heavy atom. The summed E-state index contributed by atoms with van der Waals surface area (Å²) in [4.78, 5) is 45.4. The number of ether oxygens (including phenoxy) is 2. The first-order chi connectivity index (χ1) is 18.5. The van der Waals surface area contributed by atoms with Crippen LogP contribution in [-0.4, -0.2) is 90.7 Å². The zero-order valence-corrected chi connectivity index (χ0v) is 22.2. The minimum Gasteiger partial charge on any atom is -0.379 e. The standard InChI is InChI=1S/C28H35ClN4O5/c29-18-6-8-20(9-7-18)30-25(34)22-21-10-11-28(38-21)23(22)27(36)33(13-12-32-14-16-37-17-15-32)24(28)26(35)31-19-4-2-1-3-5-19/h6-11,19,21-24H,1-5,12-17H2,(H,30,34)(H,31,35)/t21-,22?,23-,24?,28?/m1/s1. The average Bonchev–Trinajstić information content (AvgIpc) is 3.57. The van der Waals surface area contributed by atoms with E-state index in [2.05, 4.69) is 15.5 Å². The predicted octanol–water partition coefficient (Wildman–Crippen LogP) is 2.21. The van der Waals surface area contributed by atoms with Gasteiger partial charge in [-0.1, -0.05) is 43.0 Å². The van der Waals surface area contributed by atoms with E-state index in [-0.39, 0.29) is 23.8 Å². The molecule has 3 saturated heterocycles. The molecule has 1 aromatic carbocycles. The number of morpholine rings is 1. The molecule has 2 bridgehead atoms. The van der Waals surface area contributed by atoms with Crippen molar-refractivity contribution in [2.45, 2.75) is 55.9 Å². The Hall–Kier alpha value is -2.46. The lowest BCUT2D eigenvalue weighted by Gasteiger charge is -2.35. The highest BCUT2D eigenvalue weighted by Crippen LogP contribution is 2.55. The van der Waals surface area contributed by atoms with Gasteiger partial charge in [0.2, 0.25) is 17.7 Å².